The number of aliphatic hydroxyl groups is 5. The third-order valence-electron chi connectivity index (χ3n) is 10.5. The highest BCUT2D eigenvalue weighted by molar-refractivity contribution is 7.47. The average Bonchev–Trinajstić information content (AvgIpc) is 3.26. The van der Waals surface area contributed by atoms with Crippen LogP contribution in [-0.4, -0.2) is 98.3 Å². The zero-order valence-electron chi connectivity index (χ0n) is 38.3. The molecule has 1 aliphatic rings. The number of carbonyl (C=O) groups is 2. The number of rotatable bonds is 38. The molecule has 0 aromatic carbocycles. The minimum atomic E-state index is -5.14. The van der Waals surface area contributed by atoms with Gasteiger partial charge in [0, 0.05) is 12.8 Å². The molecule has 13 nitrogen and oxygen atoms in total. The molecule has 0 heterocycles. The largest absolute Gasteiger partial charge is 0.472 e. The summed E-state index contributed by atoms with van der Waals surface area (Å²) in [7, 11) is -5.14. The number of carbonyl (C=O) groups excluding carboxylic acids is 2. The van der Waals surface area contributed by atoms with Crippen molar-refractivity contribution in [2.75, 3.05) is 13.2 Å². The molecule has 0 aromatic rings. The maximum Gasteiger partial charge on any atom is 0.472 e. The SMILES string of the molecule is CCCCC/C=C\C/C=C\C/C=C\C/C=C\CCCC(=O)OC[C@H](COP(=O)(O)OC1C(O)C(O)C(O)[C@@H](O)C1O)OC(=O)CCCCCCCCC/C=C\C/C=C\CCCCC. The summed E-state index contributed by atoms with van der Waals surface area (Å²) in [5.74, 6) is -1.18. The lowest BCUT2D eigenvalue weighted by Gasteiger charge is -2.41. The van der Waals surface area contributed by atoms with Crippen LogP contribution in [0.2, 0.25) is 0 Å². The molecule has 1 saturated carbocycles. The van der Waals surface area contributed by atoms with Crippen LogP contribution in [0.15, 0.2) is 72.9 Å². The summed E-state index contributed by atoms with van der Waals surface area (Å²) in [4.78, 5) is 35.7. The molecule has 63 heavy (non-hydrogen) atoms. The van der Waals surface area contributed by atoms with Crippen LogP contribution in [0, 0.1) is 0 Å². The van der Waals surface area contributed by atoms with Gasteiger partial charge in [-0.1, -0.05) is 145 Å². The summed E-state index contributed by atoms with van der Waals surface area (Å²) >= 11 is 0. The third-order valence-corrected chi connectivity index (χ3v) is 11.5. The number of phosphoric acid groups is 1. The zero-order valence-corrected chi connectivity index (χ0v) is 39.2. The van der Waals surface area contributed by atoms with Crippen molar-refractivity contribution in [1.82, 2.24) is 0 Å². The first kappa shape index (κ1) is 58.3. The third kappa shape index (κ3) is 31.0. The molecule has 6 N–H and O–H groups in total. The highest BCUT2D eigenvalue weighted by Crippen LogP contribution is 2.47. The van der Waals surface area contributed by atoms with Crippen molar-refractivity contribution in [3.8, 4) is 0 Å². The van der Waals surface area contributed by atoms with Gasteiger partial charge in [0.2, 0.25) is 0 Å². The van der Waals surface area contributed by atoms with Crippen molar-refractivity contribution < 1.29 is 63.1 Å². The van der Waals surface area contributed by atoms with Gasteiger partial charge >= 0.3 is 19.8 Å². The molecule has 1 aliphatic carbocycles. The number of hydrogen-bond donors (Lipinski definition) is 6. The van der Waals surface area contributed by atoms with Crippen LogP contribution in [0.1, 0.15) is 168 Å². The van der Waals surface area contributed by atoms with E-state index in [1.165, 1.54) is 38.5 Å². The molecule has 0 radical (unpaired) electrons. The van der Waals surface area contributed by atoms with Gasteiger partial charge < -0.3 is 39.9 Å². The zero-order chi connectivity index (χ0) is 46.4. The molecule has 0 aromatic heterocycles. The van der Waals surface area contributed by atoms with Crippen molar-refractivity contribution in [2.45, 2.75) is 211 Å². The number of aliphatic hydroxyl groups excluding tert-OH is 5. The first-order valence-electron chi connectivity index (χ1n) is 23.7. The Hall–Kier alpha value is -2.71. The Kier molecular flexibility index (Phi) is 35.7. The molecule has 14 heteroatoms. The molecule has 362 valence electrons. The van der Waals surface area contributed by atoms with Crippen molar-refractivity contribution in [1.29, 1.82) is 0 Å². The molecule has 0 spiro atoms. The normalized spacial score (nSPS) is 22.3. The second-order valence-electron chi connectivity index (χ2n) is 16.3. The summed E-state index contributed by atoms with van der Waals surface area (Å²) in [6, 6.07) is 0. The number of allylic oxidation sites excluding steroid dienone is 12. The van der Waals surface area contributed by atoms with E-state index in [0.29, 0.717) is 19.3 Å². The first-order valence-corrected chi connectivity index (χ1v) is 25.2. The Labute approximate surface area is 378 Å². The van der Waals surface area contributed by atoms with Crippen LogP contribution in [-0.2, 0) is 32.7 Å². The quantitative estimate of drug-likeness (QED) is 0.0148. The van der Waals surface area contributed by atoms with Crippen LogP contribution in [0.5, 0.6) is 0 Å². The van der Waals surface area contributed by atoms with Crippen LogP contribution in [0.25, 0.3) is 0 Å². The van der Waals surface area contributed by atoms with Crippen molar-refractivity contribution in [2.24, 2.45) is 0 Å². The summed E-state index contributed by atoms with van der Waals surface area (Å²) in [5, 5.41) is 50.2. The van der Waals surface area contributed by atoms with Gasteiger partial charge in [0.1, 0.15) is 43.2 Å². The summed E-state index contributed by atoms with van der Waals surface area (Å²) < 4.78 is 33.5. The Morgan fingerprint density at radius 2 is 0.873 bits per heavy atom. The van der Waals surface area contributed by atoms with Gasteiger partial charge in [-0.3, -0.25) is 18.6 Å². The molecule has 8 atom stereocenters. The molecule has 0 aliphatic heterocycles. The van der Waals surface area contributed by atoms with E-state index in [1.807, 2.05) is 12.2 Å². The van der Waals surface area contributed by atoms with Gasteiger partial charge in [-0.05, 0) is 83.5 Å². The predicted molar refractivity (Wildman–Crippen MR) is 249 cm³/mol. The predicted octanol–water partition coefficient (Wildman–Crippen LogP) is 9.50. The number of hydrogen-bond acceptors (Lipinski definition) is 12. The van der Waals surface area contributed by atoms with Crippen LogP contribution < -0.4 is 0 Å². The lowest BCUT2D eigenvalue weighted by Crippen LogP contribution is -2.64. The van der Waals surface area contributed by atoms with E-state index < -0.39 is 75.7 Å². The molecular formula is C49H83O13P. The topological polar surface area (TPSA) is 210 Å². The number of phosphoric ester groups is 1. The first-order chi connectivity index (χ1) is 30.4. The van der Waals surface area contributed by atoms with Gasteiger partial charge in [0.25, 0.3) is 0 Å². The average molecular weight is 911 g/mol. The standard InChI is InChI=1S/C49H83O13P/c1-3-5-7-9-11-13-15-17-19-21-23-25-27-29-31-33-35-37-42(50)59-39-41(40-60-63(57,58)62-49-47(55)45(53)44(52)46(54)48(49)56)61-43(51)38-36-34-32-30-28-26-24-22-20-18-16-14-12-10-8-6-4-2/h11-14,17-20,23,25,29,31,41,44-49,52-56H,3-10,15-16,21-22,24,26-28,30,32-40H2,1-2H3,(H,57,58)/b13-11-,14-12-,19-17-,20-18-,25-23-,31-29-/t41-,44?,45-,46?,47?,48?,49?/m1/s1. The maximum atomic E-state index is 12.8. The highest BCUT2D eigenvalue weighted by Gasteiger charge is 2.51. The Morgan fingerprint density at radius 3 is 1.35 bits per heavy atom. The van der Waals surface area contributed by atoms with Crippen molar-refractivity contribution >= 4 is 19.8 Å². The van der Waals surface area contributed by atoms with Gasteiger partial charge in [-0.25, -0.2) is 4.57 Å². The van der Waals surface area contributed by atoms with E-state index in [9.17, 15) is 44.6 Å². The Bertz CT molecular complexity index is 1380. The van der Waals surface area contributed by atoms with Crippen LogP contribution in [0.4, 0.5) is 0 Å². The van der Waals surface area contributed by atoms with Gasteiger partial charge in [-0.2, -0.15) is 0 Å². The summed E-state index contributed by atoms with van der Waals surface area (Å²) in [6.45, 7) is 3.19. The number of ether oxygens (including phenoxy) is 2. The van der Waals surface area contributed by atoms with Gasteiger partial charge in [0.15, 0.2) is 6.10 Å². The van der Waals surface area contributed by atoms with Crippen molar-refractivity contribution in [3.05, 3.63) is 72.9 Å². The van der Waals surface area contributed by atoms with Crippen LogP contribution in [0.3, 0.4) is 0 Å². The highest BCUT2D eigenvalue weighted by atomic mass is 31.2. The Morgan fingerprint density at radius 1 is 0.492 bits per heavy atom. The molecule has 1 rings (SSSR count). The van der Waals surface area contributed by atoms with Gasteiger partial charge in [0.05, 0.1) is 6.61 Å². The molecular weight excluding hydrogens is 827 g/mol. The smallest absolute Gasteiger partial charge is 0.462 e. The molecule has 0 saturated heterocycles. The fourth-order valence-corrected chi connectivity index (χ4v) is 7.63. The van der Waals surface area contributed by atoms with E-state index in [1.54, 1.807) is 0 Å². The monoisotopic (exact) mass is 911 g/mol. The van der Waals surface area contributed by atoms with E-state index in [4.69, 9.17) is 18.5 Å². The van der Waals surface area contributed by atoms with E-state index in [2.05, 4.69) is 74.6 Å². The minimum absolute atomic E-state index is 0.0726. The minimum Gasteiger partial charge on any atom is -0.462 e. The number of esters is 2. The summed E-state index contributed by atoms with van der Waals surface area (Å²) in [5.41, 5.74) is 0. The fourth-order valence-electron chi connectivity index (χ4n) is 6.66. The maximum absolute atomic E-state index is 12.8. The lowest BCUT2D eigenvalue weighted by molar-refractivity contribution is -0.220. The molecule has 6 unspecified atom stereocenters. The van der Waals surface area contributed by atoms with E-state index in [0.717, 1.165) is 83.5 Å². The summed E-state index contributed by atoms with van der Waals surface area (Å²) in [6.07, 6.45) is 35.2. The molecule has 0 amide bonds. The van der Waals surface area contributed by atoms with Crippen molar-refractivity contribution in [3.63, 3.8) is 0 Å². The van der Waals surface area contributed by atoms with E-state index >= 15 is 0 Å². The van der Waals surface area contributed by atoms with E-state index in [-0.39, 0.29) is 12.8 Å². The second-order valence-corrected chi connectivity index (χ2v) is 17.7. The molecule has 0 bridgehead atoms. The van der Waals surface area contributed by atoms with Gasteiger partial charge in [-0.15, -0.1) is 0 Å². The number of unbranched alkanes of at least 4 members (excludes halogenated alkanes) is 14. The van der Waals surface area contributed by atoms with Crippen LogP contribution >= 0.6 is 7.82 Å². The molecule has 1 fully saturated rings. The fraction of sp³-hybridized carbons (Fsp3) is 0.714. The Balaban J connectivity index is 2.50. The second kappa shape index (κ2) is 38.5. The lowest BCUT2D eigenvalue weighted by atomic mass is 9.85.